The maximum atomic E-state index is 12.7. The summed E-state index contributed by atoms with van der Waals surface area (Å²) in [7, 11) is 1.63. The minimum atomic E-state index is -0.194. The molecule has 2 N–H and O–H groups in total. The number of carbonyl (C=O) groups excluding carboxylic acids is 2. The number of carbonyl (C=O) groups is 2. The Labute approximate surface area is 208 Å². The Bertz CT molecular complexity index is 1320. The van der Waals surface area contributed by atoms with Gasteiger partial charge in [-0.05, 0) is 52.4 Å². The molecule has 0 aliphatic rings. The van der Waals surface area contributed by atoms with Gasteiger partial charge in [-0.25, -0.2) is 0 Å². The number of aromatic nitrogens is 1. The van der Waals surface area contributed by atoms with Crippen LogP contribution in [-0.2, 0) is 16.6 Å². The highest BCUT2D eigenvalue weighted by atomic mass is 32.1. The third kappa shape index (κ3) is 6.16. The lowest BCUT2D eigenvalue weighted by atomic mass is 9.93. The molecular weight excluding hydrogens is 462 g/mol. The average Bonchev–Trinajstić information content (AvgIpc) is 3.50. The van der Waals surface area contributed by atoms with Gasteiger partial charge in [0.15, 0.2) is 5.82 Å². The zero-order chi connectivity index (χ0) is 25.0. The molecular formula is C27H27N3O4S. The largest absolute Gasteiger partial charge is 0.497 e. The van der Waals surface area contributed by atoms with Crippen molar-refractivity contribution >= 4 is 34.7 Å². The van der Waals surface area contributed by atoms with E-state index in [-0.39, 0.29) is 23.7 Å². The summed E-state index contributed by atoms with van der Waals surface area (Å²) in [5.41, 5.74) is 3.29. The number of nitrogens with zero attached hydrogens (tertiary/aromatic N) is 1. The molecule has 0 spiro atoms. The Balaban J connectivity index is 1.32. The molecule has 0 saturated heterocycles. The molecule has 0 saturated carbocycles. The number of methoxy groups -OCH3 is 1. The van der Waals surface area contributed by atoms with E-state index in [2.05, 4.69) is 15.8 Å². The fourth-order valence-corrected chi connectivity index (χ4v) is 4.16. The molecule has 180 valence electrons. The van der Waals surface area contributed by atoms with Crippen LogP contribution in [0.15, 0.2) is 70.6 Å². The van der Waals surface area contributed by atoms with Crippen LogP contribution in [0, 0.1) is 0 Å². The predicted molar refractivity (Wildman–Crippen MR) is 138 cm³/mol. The standard InChI is InChI=1S/C27H27N3O4S/c1-27(2,3)23-15-24(30-34-23)29-25(31)13-17-5-9-20(10-6-17)28-26(32)22-14-19(16-35-22)18-7-11-21(33-4)12-8-18/h5-12,14-16H,13H2,1-4H3,(H,28,32)(H,29,30,31). The summed E-state index contributed by atoms with van der Waals surface area (Å²) in [5, 5.41) is 11.5. The Kier molecular flexibility index (Phi) is 7.02. The second-order valence-electron chi connectivity index (χ2n) is 9.13. The van der Waals surface area contributed by atoms with Crippen LogP contribution in [0.4, 0.5) is 11.5 Å². The Morgan fingerprint density at radius 1 is 0.971 bits per heavy atom. The van der Waals surface area contributed by atoms with E-state index in [9.17, 15) is 9.59 Å². The number of amides is 2. The highest BCUT2D eigenvalue weighted by Gasteiger charge is 2.20. The van der Waals surface area contributed by atoms with Gasteiger partial charge in [0.1, 0.15) is 11.5 Å². The number of thiophene rings is 1. The number of ether oxygens (including phenoxy) is 1. The average molecular weight is 490 g/mol. The quantitative estimate of drug-likeness (QED) is 0.325. The van der Waals surface area contributed by atoms with E-state index in [1.165, 1.54) is 11.3 Å². The molecule has 0 aliphatic carbocycles. The van der Waals surface area contributed by atoms with Crippen molar-refractivity contribution in [3.8, 4) is 16.9 Å². The van der Waals surface area contributed by atoms with Crippen LogP contribution in [0.1, 0.15) is 41.8 Å². The summed E-state index contributed by atoms with van der Waals surface area (Å²) in [6, 6.07) is 18.5. The maximum Gasteiger partial charge on any atom is 0.265 e. The molecule has 0 aliphatic heterocycles. The smallest absolute Gasteiger partial charge is 0.265 e. The summed E-state index contributed by atoms with van der Waals surface area (Å²) < 4.78 is 10.5. The number of benzene rings is 2. The van der Waals surface area contributed by atoms with Crippen LogP contribution < -0.4 is 15.4 Å². The van der Waals surface area contributed by atoms with Crippen molar-refractivity contribution in [1.82, 2.24) is 5.16 Å². The number of hydrogen-bond acceptors (Lipinski definition) is 6. The van der Waals surface area contributed by atoms with Gasteiger partial charge in [-0.2, -0.15) is 0 Å². The van der Waals surface area contributed by atoms with Gasteiger partial charge in [-0.3, -0.25) is 9.59 Å². The third-order valence-electron chi connectivity index (χ3n) is 5.34. The first-order valence-electron chi connectivity index (χ1n) is 11.1. The Morgan fingerprint density at radius 2 is 1.69 bits per heavy atom. The van der Waals surface area contributed by atoms with Crippen molar-refractivity contribution in [1.29, 1.82) is 0 Å². The number of anilines is 2. The maximum absolute atomic E-state index is 12.7. The van der Waals surface area contributed by atoms with Crippen LogP contribution in [0.5, 0.6) is 5.75 Å². The molecule has 4 rings (SSSR count). The van der Waals surface area contributed by atoms with Gasteiger partial charge in [0.25, 0.3) is 5.91 Å². The zero-order valence-electron chi connectivity index (χ0n) is 20.0. The van der Waals surface area contributed by atoms with Crippen LogP contribution in [0.2, 0.25) is 0 Å². The van der Waals surface area contributed by atoms with Crippen LogP contribution >= 0.6 is 11.3 Å². The first kappa shape index (κ1) is 24.2. The molecule has 7 nitrogen and oxygen atoms in total. The zero-order valence-corrected chi connectivity index (χ0v) is 20.9. The van der Waals surface area contributed by atoms with Crippen molar-refractivity contribution in [3.63, 3.8) is 0 Å². The van der Waals surface area contributed by atoms with Crippen molar-refractivity contribution in [2.45, 2.75) is 32.6 Å². The van der Waals surface area contributed by atoms with E-state index < -0.39 is 0 Å². The molecule has 0 atom stereocenters. The third-order valence-corrected chi connectivity index (χ3v) is 6.27. The van der Waals surface area contributed by atoms with Crippen molar-refractivity contribution in [2.75, 3.05) is 17.7 Å². The number of nitrogens with one attached hydrogen (secondary N) is 2. The van der Waals surface area contributed by atoms with Crippen molar-refractivity contribution in [3.05, 3.63) is 82.2 Å². The van der Waals surface area contributed by atoms with Gasteiger partial charge in [0, 0.05) is 17.2 Å². The van der Waals surface area contributed by atoms with E-state index in [1.54, 1.807) is 25.3 Å². The van der Waals surface area contributed by atoms with Gasteiger partial charge in [-0.15, -0.1) is 11.3 Å². The molecule has 8 heteroatoms. The van der Waals surface area contributed by atoms with E-state index in [4.69, 9.17) is 9.26 Å². The highest BCUT2D eigenvalue weighted by Crippen LogP contribution is 2.28. The van der Waals surface area contributed by atoms with Gasteiger partial charge >= 0.3 is 0 Å². The van der Waals surface area contributed by atoms with Gasteiger partial charge in [-0.1, -0.05) is 50.2 Å². The fourth-order valence-electron chi connectivity index (χ4n) is 3.35. The molecule has 0 unspecified atom stereocenters. The van der Waals surface area contributed by atoms with Crippen molar-refractivity contribution < 1.29 is 18.8 Å². The van der Waals surface area contributed by atoms with Gasteiger partial charge < -0.3 is 19.9 Å². The van der Waals surface area contributed by atoms with Gasteiger partial charge in [0.2, 0.25) is 5.91 Å². The minimum absolute atomic E-state index is 0.180. The monoisotopic (exact) mass is 489 g/mol. The van der Waals surface area contributed by atoms with Gasteiger partial charge in [0.05, 0.1) is 18.4 Å². The SMILES string of the molecule is COc1ccc(-c2csc(C(=O)Nc3ccc(CC(=O)Nc4cc(C(C)(C)C)on4)cc3)c2)cc1. The summed E-state index contributed by atoms with van der Waals surface area (Å²) in [4.78, 5) is 25.7. The molecule has 4 aromatic rings. The summed E-state index contributed by atoms with van der Waals surface area (Å²) in [6.45, 7) is 6.03. The molecule has 0 bridgehead atoms. The predicted octanol–water partition coefficient (Wildman–Crippen LogP) is 6.14. The van der Waals surface area contributed by atoms with Crippen LogP contribution in [-0.4, -0.2) is 24.1 Å². The minimum Gasteiger partial charge on any atom is -0.497 e. The van der Waals surface area contributed by atoms with Crippen LogP contribution in [0.3, 0.4) is 0 Å². The van der Waals surface area contributed by atoms with Crippen molar-refractivity contribution in [2.24, 2.45) is 0 Å². The number of rotatable bonds is 7. The van der Waals surface area contributed by atoms with E-state index >= 15 is 0 Å². The fraction of sp³-hybridized carbons (Fsp3) is 0.222. The first-order valence-corrected chi connectivity index (χ1v) is 12.0. The second-order valence-corrected chi connectivity index (χ2v) is 10.0. The Hall–Kier alpha value is -3.91. The first-order chi connectivity index (χ1) is 16.7. The lowest BCUT2D eigenvalue weighted by Crippen LogP contribution is -2.15. The van der Waals surface area contributed by atoms with E-state index in [0.29, 0.717) is 22.1 Å². The van der Waals surface area contributed by atoms with Crippen LogP contribution in [0.25, 0.3) is 11.1 Å². The molecule has 2 aromatic heterocycles. The molecule has 35 heavy (non-hydrogen) atoms. The summed E-state index contributed by atoms with van der Waals surface area (Å²) in [6.07, 6.45) is 0.183. The topological polar surface area (TPSA) is 93.5 Å². The molecule has 0 radical (unpaired) electrons. The van der Waals surface area contributed by atoms with E-state index in [1.807, 2.05) is 68.6 Å². The normalized spacial score (nSPS) is 11.2. The summed E-state index contributed by atoms with van der Waals surface area (Å²) in [5.74, 6) is 1.51. The lowest BCUT2D eigenvalue weighted by molar-refractivity contribution is -0.115. The summed E-state index contributed by atoms with van der Waals surface area (Å²) >= 11 is 1.39. The molecule has 0 fully saturated rings. The second kappa shape index (κ2) is 10.1. The molecule has 2 heterocycles. The number of hydrogen-bond donors (Lipinski definition) is 2. The lowest BCUT2D eigenvalue weighted by Gasteiger charge is -2.12. The van der Waals surface area contributed by atoms with E-state index in [0.717, 1.165) is 22.4 Å². The molecule has 2 aromatic carbocycles. The molecule has 2 amide bonds. The Morgan fingerprint density at radius 3 is 2.31 bits per heavy atom. The highest BCUT2D eigenvalue weighted by molar-refractivity contribution is 7.12.